The minimum Gasteiger partial charge on any atom is -0.368 e. The van der Waals surface area contributed by atoms with E-state index >= 15 is 0 Å². The smallest absolute Gasteiger partial charge is 0.272 e. The molecular weight excluding hydrogens is 349 g/mol. The number of nitrogens with one attached hydrogen (secondary N) is 2. The number of carbonyl (C=O) groups excluding carboxylic acids is 2. The molecule has 0 radical (unpaired) electrons. The quantitative estimate of drug-likeness (QED) is 0.687. The standard InChI is InChI=1S/C19H22FN5O2/c1-18(2,12-3-5-13(20)6-4-12)11-22-15-8-7-14(24-25-15)16(26)23-19(9-10-19)17(21)27/h3-8H,9-11H2,1-2H3,(H2,21,27)(H,22,25)(H,23,26). The van der Waals surface area contributed by atoms with Crippen molar-refractivity contribution >= 4 is 17.6 Å². The summed E-state index contributed by atoms with van der Waals surface area (Å²) in [7, 11) is 0. The second-order valence-corrected chi connectivity index (χ2v) is 7.45. The molecule has 0 aliphatic heterocycles. The third-order valence-electron chi connectivity index (χ3n) is 4.81. The maximum Gasteiger partial charge on any atom is 0.272 e. The first-order chi connectivity index (χ1) is 12.7. The van der Waals surface area contributed by atoms with Crippen LogP contribution in [0.1, 0.15) is 42.7 Å². The van der Waals surface area contributed by atoms with Gasteiger partial charge in [0.15, 0.2) is 5.69 Å². The van der Waals surface area contributed by atoms with Gasteiger partial charge in [-0.25, -0.2) is 4.39 Å². The molecule has 0 saturated heterocycles. The van der Waals surface area contributed by atoms with Crippen LogP contribution in [0.3, 0.4) is 0 Å². The molecule has 1 aliphatic rings. The Morgan fingerprint density at radius 3 is 2.33 bits per heavy atom. The van der Waals surface area contributed by atoms with E-state index in [0.29, 0.717) is 25.2 Å². The zero-order chi connectivity index (χ0) is 19.7. The molecule has 142 valence electrons. The lowest BCUT2D eigenvalue weighted by molar-refractivity contribution is -0.120. The number of hydrogen-bond acceptors (Lipinski definition) is 5. The van der Waals surface area contributed by atoms with Crippen molar-refractivity contribution in [1.82, 2.24) is 15.5 Å². The van der Waals surface area contributed by atoms with Gasteiger partial charge < -0.3 is 16.4 Å². The summed E-state index contributed by atoms with van der Waals surface area (Å²) in [5.41, 5.74) is 5.21. The Hall–Kier alpha value is -3.03. The van der Waals surface area contributed by atoms with E-state index in [0.717, 1.165) is 5.56 Å². The van der Waals surface area contributed by atoms with E-state index in [2.05, 4.69) is 20.8 Å². The van der Waals surface area contributed by atoms with Gasteiger partial charge in [-0.3, -0.25) is 9.59 Å². The number of benzene rings is 1. The minimum absolute atomic E-state index is 0.117. The Labute approximate surface area is 156 Å². The second kappa shape index (κ2) is 6.94. The first-order valence-corrected chi connectivity index (χ1v) is 8.68. The summed E-state index contributed by atoms with van der Waals surface area (Å²) in [6, 6.07) is 9.55. The van der Waals surface area contributed by atoms with Crippen molar-refractivity contribution in [2.24, 2.45) is 5.73 Å². The number of carbonyl (C=O) groups is 2. The van der Waals surface area contributed by atoms with Crippen molar-refractivity contribution in [1.29, 1.82) is 0 Å². The number of nitrogens with two attached hydrogens (primary N) is 1. The van der Waals surface area contributed by atoms with E-state index in [1.165, 1.54) is 18.2 Å². The second-order valence-electron chi connectivity index (χ2n) is 7.45. The van der Waals surface area contributed by atoms with Gasteiger partial charge in [0.25, 0.3) is 5.91 Å². The van der Waals surface area contributed by atoms with Crippen molar-refractivity contribution in [3.63, 3.8) is 0 Å². The minimum atomic E-state index is -0.936. The Kier molecular flexibility index (Phi) is 4.82. The molecule has 4 N–H and O–H groups in total. The zero-order valence-electron chi connectivity index (χ0n) is 15.3. The summed E-state index contributed by atoms with van der Waals surface area (Å²) < 4.78 is 13.1. The number of halogens is 1. The fraction of sp³-hybridized carbons (Fsp3) is 0.368. The molecule has 0 bridgehead atoms. The molecule has 0 spiro atoms. The summed E-state index contributed by atoms with van der Waals surface area (Å²) in [4.78, 5) is 23.5. The Bertz CT molecular complexity index is 845. The van der Waals surface area contributed by atoms with Crippen molar-refractivity contribution in [3.05, 3.63) is 53.5 Å². The summed E-state index contributed by atoms with van der Waals surface area (Å²) in [6.45, 7) is 4.60. The molecule has 8 heteroatoms. The van der Waals surface area contributed by atoms with E-state index in [1.807, 2.05) is 13.8 Å². The molecule has 2 amide bonds. The van der Waals surface area contributed by atoms with Gasteiger partial charge in [-0.2, -0.15) is 0 Å². The van der Waals surface area contributed by atoms with E-state index in [9.17, 15) is 14.0 Å². The predicted molar refractivity (Wildman–Crippen MR) is 98.6 cm³/mol. The third-order valence-corrected chi connectivity index (χ3v) is 4.81. The average molecular weight is 371 g/mol. The maximum atomic E-state index is 13.1. The molecule has 1 aromatic heterocycles. The molecule has 3 rings (SSSR count). The number of anilines is 1. The fourth-order valence-corrected chi connectivity index (χ4v) is 2.70. The van der Waals surface area contributed by atoms with Crippen LogP contribution in [0.5, 0.6) is 0 Å². The normalized spacial score (nSPS) is 15.1. The van der Waals surface area contributed by atoms with Gasteiger partial charge in [0.05, 0.1) is 0 Å². The van der Waals surface area contributed by atoms with E-state index in [4.69, 9.17) is 5.73 Å². The van der Waals surface area contributed by atoms with Crippen molar-refractivity contribution < 1.29 is 14.0 Å². The number of nitrogens with zero attached hydrogens (tertiary/aromatic N) is 2. The van der Waals surface area contributed by atoms with E-state index < -0.39 is 17.4 Å². The highest BCUT2D eigenvalue weighted by molar-refractivity contribution is 5.99. The van der Waals surface area contributed by atoms with Gasteiger partial charge in [0.2, 0.25) is 5.91 Å². The van der Waals surface area contributed by atoms with Crippen LogP contribution in [0.15, 0.2) is 36.4 Å². The van der Waals surface area contributed by atoms with Gasteiger partial charge in [-0.1, -0.05) is 26.0 Å². The Morgan fingerprint density at radius 1 is 1.15 bits per heavy atom. The molecule has 1 saturated carbocycles. The molecule has 0 unspecified atom stereocenters. The fourth-order valence-electron chi connectivity index (χ4n) is 2.70. The molecule has 27 heavy (non-hydrogen) atoms. The van der Waals surface area contributed by atoms with Gasteiger partial charge in [-0.05, 0) is 42.7 Å². The predicted octanol–water partition coefficient (Wildman–Crippen LogP) is 1.75. The highest BCUT2D eigenvalue weighted by Crippen LogP contribution is 2.35. The SMILES string of the molecule is CC(C)(CNc1ccc(C(=O)NC2(C(N)=O)CC2)nn1)c1ccc(F)cc1. The lowest BCUT2D eigenvalue weighted by Gasteiger charge is -2.25. The highest BCUT2D eigenvalue weighted by atomic mass is 19.1. The van der Waals surface area contributed by atoms with Gasteiger partial charge in [0.1, 0.15) is 17.2 Å². The molecule has 1 aliphatic carbocycles. The lowest BCUT2D eigenvalue weighted by atomic mass is 9.84. The summed E-state index contributed by atoms with van der Waals surface area (Å²) in [6.07, 6.45) is 1.08. The van der Waals surface area contributed by atoms with Crippen molar-refractivity contribution in [2.75, 3.05) is 11.9 Å². The van der Waals surface area contributed by atoms with Crippen LogP contribution in [-0.2, 0) is 10.2 Å². The van der Waals surface area contributed by atoms with Crippen LogP contribution in [0.4, 0.5) is 10.2 Å². The largest absolute Gasteiger partial charge is 0.368 e. The number of aromatic nitrogens is 2. The third kappa shape index (κ3) is 4.21. The van der Waals surface area contributed by atoms with Crippen LogP contribution < -0.4 is 16.4 Å². The number of hydrogen-bond donors (Lipinski definition) is 3. The van der Waals surface area contributed by atoms with E-state index in [1.54, 1.807) is 18.2 Å². The summed E-state index contributed by atoms with van der Waals surface area (Å²) in [5.74, 6) is -0.772. The topological polar surface area (TPSA) is 110 Å². The maximum absolute atomic E-state index is 13.1. The molecule has 0 atom stereocenters. The van der Waals surface area contributed by atoms with Crippen LogP contribution in [0, 0.1) is 5.82 Å². The molecule has 7 nitrogen and oxygen atoms in total. The Balaban J connectivity index is 1.60. The first-order valence-electron chi connectivity index (χ1n) is 8.68. The van der Waals surface area contributed by atoms with Gasteiger partial charge >= 0.3 is 0 Å². The van der Waals surface area contributed by atoms with E-state index in [-0.39, 0.29) is 16.9 Å². The molecule has 1 heterocycles. The Morgan fingerprint density at radius 2 is 1.81 bits per heavy atom. The van der Waals surface area contributed by atoms with Gasteiger partial charge in [-0.15, -0.1) is 10.2 Å². The monoisotopic (exact) mass is 371 g/mol. The van der Waals surface area contributed by atoms with Gasteiger partial charge in [0, 0.05) is 12.0 Å². The van der Waals surface area contributed by atoms with Crippen LogP contribution in [0.25, 0.3) is 0 Å². The van der Waals surface area contributed by atoms with Crippen LogP contribution in [0.2, 0.25) is 0 Å². The van der Waals surface area contributed by atoms with Crippen molar-refractivity contribution in [3.8, 4) is 0 Å². The molecular formula is C19H22FN5O2. The summed E-state index contributed by atoms with van der Waals surface area (Å²) >= 11 is 0. The highest BCUT2D eigenvalue weighted by Gasteiger charge is 2.50. The molecule has 2 aromatic rings. The summed E-state index contributed by atoms with van der Waals surface area (Å²) in [5, 5.41) is 13.7. The molecule has 1 fully saturated rings. The first kappa shape index (κ1) is 18.8. The number of rotatable bonds is 7. The lowest BCUT2D eigenvalue weighted by Crippen LogP contribution is -2.47. The average Bonchev–Trinajstić information content (AvgIpc) is 3.42. The van der Waals surface area contributed by atoms with Crippen molar-refractivity contribution in [2.45, 2.75) is 37.6 Å². The van der Waals surface area contributed by atoms with Crippen LogP contribution >= 0.6 is 0 Å². The number of primary amides is 1. The molecule has 1 aromatic carbocycles. The van der Waals surface area contributed by atoms with Crippen LogP contribution in [-0.4, -0.2) is 34.1 Å². The number of amides is 2. The zero-order valence-corrected chi connectivity index (χ0v) is 15.3.